The molecule has 2 unspecified atom stereocenters. The molecular formula is C11H22N2O2. The van der Waals surface area contributed by atoms with E-state index >= 15 is 0 Å². The highest BCUT2D eigenvalue weighted by Crippen LogP contribution is 2.09. The van der Waals surface area contributed by atoms with Gasteiger partial charge in [-0.15, -0.1) is 0 Å². The highest BCUT2D eigenvalue weighted by molar-refractivity contribution is 4.74. The molecule has 1 N–H and O–H groups in total. The highest BCUT2D eigenvalue weighted by Gasteiger charge is 2.22. The summed E-state index contributed by atoms with van der Waals surface area (Å²) in [6, 6.07) is 0. The minimum absolute atomic E-state index is 0.277. The number of rotatable bonds is 4. The summed E-state index contributed by atoms with van der Waals surface area (Å²) in [7, 11) is 0. The van der Waals surface area contributed by atoms with Gasteiger partial charge in [0.15, 0.2) is 0 Å². The van der Waals surface area contributed by atoms with Gasteiger partial charge < -0.3 is 14.8 Å². The zero-order chi connectivity index (χ0) is 10.5. The largest absolute Gasteiger partial charge is 0.374 e. The van der Waals surface area contributed by atoms with E-state index in [0.717, 1.165) is 52.4 Å². The molecule has 2 aliphatic heterocycles. The zero-order valence-electron chi connectivity index (χ0n) is 9.58. The first-order chi connectivity index (χ1) is 7.38. The van der Waals surface area contributed by atoms with Gasteiger partial charge in [-0.25, -0.2) is 0 Å². The monoisotopic (exact) mass is 214 g/mol. The van der Waals surface area contributed by atoms with E-state index in [1.807, 2.05) is 0 Å². The number of ether oxygens (including phenoxy) is 2. The molecule has 0 spiro atoms. The van der Waals surface area contributed by atoms with Gasteiger partial charge in [0, 0.05) is 19.6 Å². The number of nitrogens with zero attached hydrogens (tertiary/aromatic N) is 1. The third kappa shape index (κ3) is 3.41. The summed E-state index contributed by atoms with van der Waals surface area (Å²) in [5.41, 5.74) is 0. The molecule has 0 aromatic carbocycles. The van der Waals surface area contributed by atoms with Gasteiger partial charge in [0.1, 0.15) is 0 Å². The summed E-state index contributed by atoms with van der Waals surface area (Å²) in [5, 5.41) is 3.30. The first-order valence-electron chi connectivity index (χ1n) is 6.04. The van der Waals surface area contributed by atoms with Crippen molar-refractivity contribution in [2.45, 2.75) is 25.6 Å². The van der Waals surface area contributed by atoms with Crippen molar-refractivity contribution in [3.05, 3.63) is 0 Å². The van der Waals surface area contributed by atoms with E-state index in [2.05, 4.69) is 17.1 Å². The Morgan fingerprint density at radius 1 is 1.53 bits per heavy atom. The van der Waals surface area contributed by atoms with Gasteiger partial charge in [-0.3, -0.25) is 4.90 Å². The van der Waals surface area contributed by atoms with Crippen LogP contribution in [-0.4, -0.2) is 63.0 Å². The lowest BCUT2D eigenvalue weighted by atomic mass is 10.2. The lowest BCUT2D eigenvalue weighted by Crippen LogP contribution is -2.44. The Morgan fingerprint density at radius 2 is 2.47 bits per heavy atom. The second-order valence-corrected chi connectivity index (χ2v) is 4.33. The van der Waals surface area contributed by atoms with Crippen LogP contribution >= 0.6 is 0 Å². The fourth-order valence-electron chi connectivity index (χ4n) is 2.18. The second kappa shape index (κ2) is 5.80. The molecule has 0 aliphatic carbocycles. The third-order valence-corrected chi connectivity index (χ3v) is 3.20. The van der Waals surface area contributed by atoms with E-state index in [1.54, 1.807) is 0 Å². The molecule has 0 aromatic rings. The molecule has 4 heteroatoms. The minimum Gasteiger partial charge on any atom is -0.374 e. The van der Waals surface area contributed by atoms with Crippen molar-refractivity contribution in [3.8, 4) is 0 Å². The van der Waals surface area contributed by atoms with Crippen LogP contribution in [0.15, 0.2) is 0 Å². The Kier molecular flexibility index (Phi) is 4.38. The van der Waals surface area contributed by atoms with Crippen LogP contribution in [0.4, 0.5) is 0 Å². The summed E-state index contributed by atoms with van der Waals surface area (Å²) in [6.45, 7) is 9.11. The van der Waals surface area contributed by atoms with Crippen LogP contribution in [-0.2, 0) is 9.47 Å². The van der Waals surface area contributed by atoms with Crippen molar-refractivity contribution >= 4 is 0 Å². The summed E-state index contributed by atoms with van der Waals surface area (Å²) in [5.74, 6) is 0. The van der Waals surface area contributed by atoms with Gasteiger partial charge in [0.2, 0.25) is 0 Å². The molecule has 0 amide bonds. The number of hydrogen-bond donors (Lipinski definition) is 1. The maximum Gasteiger partial charge on any atom is 0.0935 e. The lowest BCUT2D eigenvalue weighted by Gasteiger charge is -2.32. The van der Waals surface area contributed by atoms with E-state index in [4.69, 9.17) is 9.47 Å². The van der Waals surface area contributed by atoms with Crippen LogP contribution in [0.25, 0.3) is 0 Å². The topological polar surface area (TPSA) is 33.7 Å². The smallest absolute Gasteiger partial charge is 0.0935 e. The third-order valence-electron chi connectivity index (χ3n) is 3.20. The maximum absolute atomic E-state index is 5.82. The first kappa shape index (κ1) is 11.3. The molecule has 15 heavy (non-hydrogen) atoms. The maximum atomic E-state index is 5.82. The fourth-order valence-corrected chi connectivity index (χ4v) is 2.18. The Bertz CT molecular complexity index is 183. The first-order valence-corrected chi connectivity index (χ1v) is 6.04. The number of hydrogen-bond acceptors (Lipinski definition) is 4. The minimum atomic E-state index is 0.277. The van der Waals surface area contributed by atoms with Gasteiger partial charge >= 0.3 is 0 Å². The molecule has 0 saturated carbocycles. The van der Waals surface area contributed by atoms with E-state index in [9.17, 15) is 0 Å². The second-order valence-electron chi connectivity index (χ2n) is 4.33. The van der Waals surface area contributed by atoms with E-state index in [1.165, 1.54) is 0 Å². The molecule has 4 nitrogen and oxygen atoms in total. The zero-order valence-corrected chi connectivity index (χ0v) is 9.58. The quantitative estimate of drug-likeness (QED) is 0.719. The average molecular weight is 214 g/mol. The SMILES string of the molecule is CCN1CCOC(COC2CCNC2)C1. The van der Waals surface area contributed by atoms with Crippen LogP contribution < -0.4 is 5.32 Å². The molecule has 2 heterocycles. The van der Waals surface area contributed by atoms with Crippen molar-refractivity contribution in [2.24, 2.45) is 0 Å². The van der Waals surface area contributed by atoms with Gasteiger partial charge in [-0.2, -0.15) is 0 Å². The van der Waals surface area contributed by atoms with Gasteiger partial charge in [0.25, 0.3) is 0 Å². The molecule has 2 fully saturated rings. The predicted molar refractivity (Wildman–Crippen MR) is 59.1 cm³/mol. The van der Waals surface area contributed by atoms with Crippen molar-refractivity contribution in [1.82, 2.24) is 10.2 Å². The molecule has 2 atom stereocenters. The molecule has 0 radical (unpaired) electrons. The molecule has 2 aliphatic rings. The van der Waals surface area contributed by atoms with E-state index in [-0.39, 0.29) is 6.10 Å². The van der Waals surface area contributed by atoms with Crippen LogP contribution in [0.1, 0.15) is 13.3 Å². The summed E-state index contributed by atoms with van der Waals surface area (Å²) < 4.78 is 11.5. The highest BCUT2D eigenvalue weighted by atomic mass is 16.5. The molecule has 0 aromatic heterocycles. The van der Waals surface area contributed by atoms with E-state index < -0.39 is 0 Å². The Hall–Kier alpha value is -0.160. The van der Waals surface area contributed by atoms with Crippen molar-refractivity contribution in [1.29, 1.82) is 0 Å². The average Bonchev–Trinajstić information content (AvgIpc) is 2.79. The molecule has 2 saturated heterocycles. The summed E-state index contributed by atoms with van der Waals surface area (Å²) >= 11 is 0. The van der Waals surface area contributed by atoms with Gasteiger partial charge in [0.05, 0.1) is 25.4 Å². The fraction of sp³-hybridized carbons (Fsp3) is 1.00. The Morgan fingerprint density at radius 3 is 3.20 bits per heavy atom. The van der Waals surface area contributed by atoms with Crippen molar-refractivity contribution in [2.75, 3.05) is 45.9 Å². The van der Waals surface area contributed by atoms with E-state index in [0.29, 0.717) is 6.10 Å². The molecule has 0 bridgehead atoms. The number of morpholine rings is 1. The lowest BCUT2D eigenvalue weighted by molar-refractivity contribution is -0.0808. The standard InChI is InChI=1S/C11H22N2O2/c1-2-13-5-6-14-11(8-13)9-15-10-3-4-12-7-10/h10-12H,2-9H2,1H3. The summed E-state index contributed by atoms with van der Waals surface area (Å²) in [4.78, 5) is 2.42. The summed E-state index contributed by atoms with van der Waals surface area (Å²) in [6.07, 6.45) is 1.83. The van der Waals surface area contributed by atoms with Gasteiger partial charge in [-0.1, -0.05) is 6.92 Å². The number of nitrogens with one attached hydrogen (secondary N) is 1. The normalized spacial score (nSPS) is 33.4. The Labute approximate surface area is 91.9 Å². The molecule has 2 rings (SSSR count). The predicted octanol–water partition coefficient (Wildman–Crippen LogP) is 0.0856. The van der Waals surface area contributed by atoms with Crippen LogP contribution in [0, 0.1) is 0 Å². The Balaban J connectivity index is 1.65. The number of likely N-dealkylation sites (N-methyl/N-ethyl adjacent to an activating group) is 1. The van der Waals surface area contributed by atoms with Crippen LogP contribution in [0.3, 0.4) is 0 Å². The van der Waals surface area contributed by atoms with Crippen molar-refractivity contribution in [3.63, 3.8) is 0 Å². The van der Waals surface area contributed by atoms with Crippen LogP contribution in [0.5, 0.6) is 0 Å². The van der Waals surface area contributed by atoms with Crippen molar-refractivity contribution < 1.29 is 9.47 Å². The molecular weight excluding hydrogens is 192 g/mol. The van der Waals surface area contributed by atoms with Gasteiger partial charge in [-0.05, 0) is 19.5 Å². The van der Waals surface area contributed by atoms with Crippen LogP contribution in [0.2, 0.25) is 0 Å². The molecule has 88 valence electrons.